The molecule has 0 saturated heterocycles. The molecule has 144 valence electrons. The molecule has 1 aromatic rings. The van der Waals surface area contributed by atoms with Crippen LogP contribution in [-0.4, -0.2) is 25.0 Å². The monoisotopic (exact) mass is 393 g/mol. The van der Waals surface area contributed by atoms with E-state index in [0.29, 0.717) is 19.4 Å². The third kappa shape index (κ3) is 7.09. The molecule has 0 fully saturated rings. The molecule has 5 N–H and O–H groups in total. The van der Waals surface area contributed by atoms with E-state index >= 15 is 0 Å². The standard InChI is InChI=1S/C14H17F6N3O.ClH/c15-13(16,17)8-3-4-11(14(18,19)20)10(6-8)12(24)23-7-9(22)2-1-5-21;/h3-4,6,9H,1-2,5,7,21-22H2,(H,23,24);1H. The van der Waals surface area contributed by atoms with Crippen molar-refractivity contribution < 1.29 is 31.1 Å². The van der Waals surface area contributed by atoms with Crippen LogP contribution in [0.5, 0.6) is 0 Å². The lowest BCUT2D eigenvalue weighted by Gasteiger charge is -2.17. The Kier molecular flexibility index (Phi) is 8.69. The number of rotatable bonds is 6. The first kappa shape index (κ1) is 23.5. The molecular weight excluding hydrogens is 376 g/mol. The van der Waals surface area contributed by atoms with Gasteiger partial charge in [0.15, 0.2) is 0 Å². The van der Waals surface area contributed by atoms with Crippen molar-refractivity contribution in [1.82, 2.24) is 5.32 Å². The summed E-state index contributed by atoms with van der Waals surface area (Å²) in [6, 6.07) is 0.153. The van der Waals surface area contributed by atoms with Gasteiger partial charge in [0.2, 0.25) is 0 Å². The van der Waals surface area contributed by atoms with E-state index in [1.165, 1.54) is 0 Å². The van der Waals surface area contributed by atoms with E-state index in [2.05, 4.69) is 5.32 Å². The van der Waals surface area contributed by atoms with Gasteiger partial charge in [-0.3, -0.25) is 4.79 Å². The number of hydrogen-bond acceptors (Lipinski definition) is 3. The fourth-order valence-corrected chi connectivity index (χ4v) is 1.96. The predicted octanol–water partition coefficient (Wildman–Crippen LogP) is 2.94. The Labute approximate surface area is 146 Å². The van der Waals surface area contributed by atoms with Gasteiger partial charge in [0.25, 0.3) is 5.91 Å². The number of nitrogens with one attached hydrogen (secondary N) is 1. The van der Waals surface area contributed by atoms with E-state index in [-0.39, 0.29) is 37.2 Å². The Hall–Kier alpha value is -1.52. The lowest BCUT2D eigenvalue weighted by Crippen LogP contribution is -2.38. The molecule has 0 aliphatic rings. The zero-order valence-corrected chi connectivity index (χ0v) is 13.7. The van der Waals surface area contributed by atoms with Crippen LogP contribution in [0, 0.1) is 0 Å². The Morgan fingerprint density at radius 1 is 1.12 bits per heavy atom. The number of benzene rings is 1. The fourth-order valence-electron chi connectivity index (χ4n) is 1.96. The van der Waals surface area contributed by atoms with Gasteiger partial charge < -0.3 is 16.8 Å². The molecule has 0 aliphatic carbocycles. The first-order chi connectivity index (χ1) is 11.0. The van der Waals surface area contributed by atoms with Crippen molar-refractivity contribution in [2.75, 3.05) is 13.1 Å². The molecule has 0 radical (unpaired) electrons. The summed E-state index contributed by atoms with van der Waals surface area (Å²) in [7, 11) is 0. The average molecular weight is 394 g/mol. The van der Waals surface area contributed by atoms with Crippen LogP contribution in [0.3, 0.4) is 0 Å². The molecule has 0 spiro atoms. The van der Waals surface area contributed by atoms with Crippen molar-refractivity contribution in [2.24, 2.45) is 11.5 Å². The molecule has 0 saturated carbocycles. The smallest absolute Gasteiger partial charge is 0.350 e. The Bertz CT molecular complexity index is 577. The Morgan fingerprint density at radius 2 is 1.72 bits per heavy atom. The summed E-state index contributed by atoms with van der Waals surface area (Å²) in [4.78, 5) is 11.9. The number of nitrogens with two attached hydrogens (primary N) is 2. The highest BCUT2D eigenvalue weighted by Gasteiger charge is 2.38. The van der Waals surface area contributed by atoms with E-state index in [1.807, 2.05) is 0 Å². The van der Waals surface area contributed by atoms with Gasteiger partial charge in [-0.05, 0) is 37.6 Å². The molecule has 0 bridgehead atoms. The normalized spacial score (nSPS) is 13.1. The maximum atomic E-state index is 12.9. The van der Waals surface area contributed by atoms with E-state index in [1.54, 1.807) is 0 Å². The van der Waals surface area contributed by atoms with Crippen LogP contribution >= 0.6 is 12.4 Å². The molecule has 1 unspecified atom stereocenters. The van der Waals surface area contributed by atoms with Crippen molar-refractivity contribution in [2.45, 2.75) is 31.2 Å². The summed E-state index contributed by atoms with van der Waals surface area (Å²) >= 11 is 0. The van der Waals surface area contributed by atoms with Crippen LogP contribution in [0.2, 0.25) is 0 Å². The Morgan fingerprint density at radius 3 is 2.20 bits per heavy atom. The van der Waals surface area contributed by atoms with Crippen LogP contribution in [-0.2, 0) is 12.4 Å². The van der Waals surface area contributed by atoms with Crippen molar-refractivity contribution in [3.63, 3.8) is 0 Å². The summed E-state index contributed by atoms with van der Waals surface area (Å²) in [6.45, 7) is 0.180. The minimum absolute atomic E-state index is 0. The van der Waals surface area contributed by atoms with E-state index < -0.39 is 41.0 Å². The molecule has 1 atom stereocenters. The number of halogens is 7. The van der Waals surface area contributed by atoms with Crippen molar-refractivity contribution in [1.29, 1.82) is 0 Å². The minimum Gasteiger partial charge on any atom is -0.350 e. The first-order valence-electron chi connectivity index (χ1n) is 6.99. The summed E-state index contributed by atoms with van der Waals surface area (Å²) in [5, 5.41) is 2.13. The quantitative estimate of drug-likeness (QED) is 0.650. The molecule has 0 aliphatic heterocycles. The number of hydrogen-bond donors (Lipinski definition) is 3. The third-order valence-electron chi connectivity index (χ3n) is 3.20. The van der Waals surface area contributed by atoms with Crippen LogP contribution in [0.1, 0.15) is 34.3 Å². The lowest BCUT2D eigenvalue weighted by atomic mass is 10.0. The average Bonchev–Trinajstić information content (AvgIpc) is 2.48. The highest BCUT2D eigenvalue weighted by Crippen LogP contribution is 2.36. The first-order valence-corrected chi connectivity index (χ1v) is 6.99. The number of alkyl halides is 6. The lowest BCUT2D eigenvalue weighted by molar-refractivity contribution is -0.141. The molecule has 1 rings (SSSR count). The van der Waals surface area contributed by atoms with E-state index in [4.69, 9.17) is 11.5 Å². The summed E-state index contributed by atoms with van der Waals surface area (Å²) in [5.41, 5.74) is 7.04. The predicted molar refractivity (Wildman–Crippen MR) is 82.3 cm³/mol. The fraction of sp³-hybridized carbons (Fsp3) is 0.500. The van der Waals surface area contributed by atoms with Gasteiger partial charge in [-0.1, -0.05) is 0 Å². The molecule has 1 amide bonds. The Balaban J connectivity index is 0.00000576. The number of carbonyl (C=O) groups excluding carboxylic acids is 1. The van der Waals surface area contributed by atoms with Gasteiger partial charge >= 0.3 is 12.4 Å². The second kappa shape index (κ2) is 9.25. The molecular formula is C14H18ClF6N3O. The van der Waals surface area contributed by atoms with Gasteiger partial charge in [-0.2, -0.15) is 26.3 Å². The highest BCUT2D eigenvalue weighted by atomic mass is 35.5. The molecule has 11 heteroatoms. The van der Waals surface area contributed by atoms with Gasteiger partial charge in [0.05, 0.1) is 16.7 Å². The topological polar surface area (TPSA) is 81.1 Å². The van der Waals surface area contributed by atoms with Gasteiger partial charge in [0.1, 0.15) is 0 Å². The number of amides is 1. The van der Waals surface area contributed by atoms with Gasteiger partial charge in [0, 0.05) is 12.6 Å². The molecule has 0 heterocycles. The zero-order valence-electron chi connectivity index (χ0n) is 12.9. The molecule has 25 heavy (non-hydrogen) atoms. The second-order valence-electron chi connectivity index (χ2n) is 5.16. The van der Waals surface area contributed by atoms with E-state index in [9.17, 15) is 31.1 Å². The second-order valence-corrected chi connectivity index (χ2v) is 5.16. The maximum Gasteiger partial charge on any atom is 0.417 e. The van der Waals surface area contributed by atoms with Crippen LogP contribution in [0.15, 0.2) is 18.2 Å². The van der Waals surface area contributed by atoms with Gasteiger partial charge in [-0.25, -0.2) is 0 Å². The molecule has 1 aromatic carbocycles. The maximum absolute atomic E-state index is 12.9. The summed E-state index contributed by atoms with van der Waals surface area (Å²) in [5.74, 6) is -1.27. The largest absolute Gasteiger partial charge is 0.417 e. The SMILES string of the molecule is Cl.NCCCC(N)CNC(=O)c1cc(C(F)(F)F)ccc1C(F)(F)F. The van der Waals surface area contributed by atoms with Gasteiger partial charge in [-0.15, -0.1) is 12.4 Å². The van der Waals surface area contributed by atoms with Crippen molar-refractivity contribution in [3.05, 3.63) is 34.9 Å². The van der Waals surface area contributed by atoms with E-state index in [0.717, 1.165) is 0 Å². The summed E-state index contributed by atoms with van der Waals surface area (Å²) in [6.07, 6.45) is -8.85. The summed E-state index contributed by atoms with van der Waals surface area (Å²) < 4.78 is 76.7. The zero-order chi connectivity index (χ0) is 18.5. The van der Waals surface area contributed by atoms with Crippen LogP contribution < -0.4 is 16.8 Å². The number of carbonyl (C=O) groups is 1. The molecule has 4 nitrogen and oxygen atoms in total. The molecule has 0 aromatic heterocycles. The third-order valence-corrected chi connectivity index (χ3v) is 3.20. The van der Waals surface area contributed by atoms with Crippen molar-refractivity contribution >= 4 is 18.3 Å². The van der Waals surface area contributed by atoms with Crippen LogP contribution in [0.4, 0.5) is 26.3 Å². The van der Waals surface area contributed by atoms with Crippen molar-refractivity contribution in [3.8, 4) is 0 Å². The minimum atomic E-state index is -4.96. The highest BCUT2D eigenvalue weighted by molar-refractivity contribution is 5.96. The van der Waals surface area contributed by atoms with Crippen LogP contribution in [0.25, 0.3) is 0 Å².